The second-order valence-electron chi connectivity index (χ2n) is 4.77. The predicted molar refractivity (Wildman–Crippen MR) is 69.6 cm³/mol. The molecule has 94 valence electrons. The number of hydrazine groups is 1. The number of nitrogens with one attached hydrogen (secondary N) is 2. The summed E-state index contributed by atoms with van der Waals surface area (Å²) < 4.78 is 0. The Kier molecular flexibility index (Phi) is 3.78. The molecule has 1 heterocycles. The van der Waals surface area contributed by atoms with Crippen LogP contribution in [0.4, 0.5) is 11.6 Å². The minimum atomic E-state index is 0.502. The van der Waals surface area contributed by atoms with E-state index in [9.17, 15) is 0 Å². The van der Waals surface area contributed by atoms with Gasteiger partial charge in [-0.25, -0.2) is 15.8 Å². The fourth-order valence-corrected chi connectivity index (χ4v) is 2.02. The Bertz CT molecular complexity index is 375. The van der Waals surface area contributed by atoms with Gasteiger partial charge in [0.05, 0.1) is 0 Å². The minimum Gasteiger partial charge on any atom is -0.367 e. The summed E-state index contributed by atoms with van der Waals surface area (Å²) in [5.41, 5.74) is 3.57. The lowest BCUT2D eigenvalue weighted by atomic mass is 10.1. The van der Waals surface area contributed by atoms with Gasteiger partial charge in [0.1, 0.15) is 18.0 Å². The first-order chi connectivity index (χ1) is 8.24. The van der Waals surface area contributed by atoms with Crippen molar-refractivity contribution in [1.82, 2.24) is 9.97 Å². The average Bonchev–Trinajstić information content (AvgIpc) is 3.14. The summed E-state index contributed by atoms with van der Waals surface area (Å²) >= 11 is 0. The summed E-state index contributed by atoms with van der Waals surface area (Å²) in [5.74, 6) is 7.90. The zero-order valence-electron chi connectivity index (χ0n) is 10.5. The van der Waals surface area contributed by atoms with Crippen molar-refractivity contribution in [3.8, 4) is 0 Å². The molecular weight excluding hydrogens is 214 g/mol. The Balaban J connectivity index is 2.04. The monoisotopic (exact) mass is 235 g/mol. The molecule has 1 aromatic heterocycles. The van der Waals surface area contributed by atoms with Gasteiger partial charge in [-0.05, 0) is 25.7 Å². The smallest absolute Gasteiger partial charge is 0.148 e. The number of nitrogens with zero attached hydrogens (tertiary/aromatic N) is 2. The number of rotatable bonds is 6. The SMILES string of the molecule is CCC(CC1CC1)Nc1ncnc(NN)c1C. The molecule has 1 aliphatic carbocycles. The molecule has 1 unspecified atom stereocenters. The largest absolute Gasteiger partial charge is 0.367 e. The highest BCUT2D eigenvalue weighted by atomic mass is 15.3. The molecule has 2 rings (SSSR count). The molecule has 5 nitrogen and oxygen atoms in total. The second-order valence-corrected chi connectivity index (χ2v) is 4.77. The van der Waals surface area contributed by atoms with Crippen LogP contribution in [0.1, 0.15) is 38.2 Å². The third kappa shape index (κ3) is 3.06. The van der Waals surface area contributed by atoms with Crippen molar-refractivity contribution in [2.75, 3.05) is 10.7 Å². The zero-order valence-corrected chi connectivity index (χ0v) is 10.5. The van der Waals surface area contributed by atoms with Gasteiger partial charge in [0, 0.05) is 11.6 Å². The predicted octanol–water partition coefficient (Wildman–Crippen LogP) is 2.06. The molecule has 1 aliphatic rings. The first kappa shape index (κ1) is 12.1. The van der Waals surface area contributed by atoms with Gasteiger partial charge < -0.3 is 10.7 Å². The van der Waals surface area contributed by atoms with Crippen LogP contribution in [0.2, 0.25) is 0 Å². The van der Waals surface area contributed by atoms with Gasteiger partial charge in [0.25, 0.3) is 0 Å². The minimum absolute atomic E-state index is 0.502. The van der Waals surface area contributed by atoms with Crippen molar-refractivity contribution < 1.29 is 0 Å². The van der Waals surface area contributed by atoms with Gasteiger partial charge >= 0.3 is 0 Å². The summed E-state index contributed by atoms with van der Waals surface area (Å²) in [4.78, 5) is 8.36. The Morgan fingerprint density at radius 2 is 2.12 bits per heavy atom. The molecule has 4 N–H and O–H groups in total. The number of hydrogen-bond donors (Lipinski definition) is 3. The van der Waals surface area contributed by atoms with E-state index in [4.69, 9.17) is 5.84 Å². The quantitative estimate of drug-likeness (QED) is 0.520. The molecule has 0 spiro atoms. The van der Waals surface area contributed by atoms with Gasteiger partial charge in [0.15, 0.2) is 0 Å². The van der Waals surface area contributed by atoms with Gasteiger partial charge in [0.2, 0.25) is 0 Å². The third-order valence-electron chi connectivity index (χ3n) is 3.37. The number of hydrogen-bond acceptors (Lipinski definition) is 5. The zero-order chi connectivity index (χ0) is 12.3. The molecule has 5 heteroatoms. The topological polar surface area (TPSA) is 75.9 Å². The summed E-state index contributed by atoms with van der Waals surface area (Å²) in [7, 11) is 0. The van der Waals surface area contributed by atoms with E-state index >= 15 is 0 Å². The fraction of sp³-hybridized carbons (Fsp3) is 0.667. The lowest BCUT2D eigenvalue weighted by Gasteiger charge is -2.19. The van der Waals surface area contributed by atoms with Gasteiger partial charge in [-0.2, -0.15) is 0 Å². The molecule has 1 saturated carbocycles. The maximum absolute atomic E-state index is 5.41. The van der Waals surface area contributed by atoms with E-state index in [1.54, 1.807) is 0 Å². The molecule has 1 atom stereocenters. The first-order valence-corrected chi connectivity index (χ1v) is 6.29. The normalized spacial score (nSPS) is 16.6. The van der Waals surface area contributed by atoms with Gasteiger partial charge in [-0.1, -0.05) is 19.8 Å². The van der Waals surface area contributed by atoms with Crippen LogP contribution in [0.25, 0.3) is 0 Å². The summed E-state index contributed by atoms with van der Waals surface area (Å²) in [6.07, 6.45) is 6.66. The van der Waals surface area contributed by atoms with E-state index in [-0.39, 0.29) is 0 Å². The van der Waals surface area contributed by atoms with Gasteiger partial charge in [-0.3, -0.25) is 0 Å². The second kappa shape index (κ2) is 5.31. The van der Waals surface area contributed by atoms with Crippen LogP contribution in [0.3, 0.4) is 0 Å². The van der Waals surface area contributed by atoms with Crippen molar-refractivity contribution in [2.45, 2.75) is 45.6 Å². The van der Waals surface area contributed by atoms with Crippen LogP contribution in [0.5, 0.6) is 0 Å². The van der Waals surface area contributed by atoms with Crippen molar-refractivity contribution in [3.05, 3.63) is 11.9 Å². The summed E-state index contributed by atoms with van der Waals surface area (Å²) in [6.45, 7) is 4.18. The van der Waals surface area contributed by atoms with E-state index in [0.29, 0.717) is 11.9 Å². The van der Waals surface area contributed by atoms with Crippen molar-refractivity contribution in [3.63, 3.8) is 0 Å². The molecule has 0 bridgehead atoms. The van der Waals surface area contributed by atoms with E-state index < -0.39 is 0 Å². The number of nitrogens with two attached hydrogens (primary N) is 1. The van der Waals surface area contributed by atoms with E-state index in [1.165, 1.54) is 25.6 Å². The van der Waals surface area contributed by atoms with Crippen LogP contribution in [0, 0.1) is 12.8 Å². The molecule has 0 aliphatic heterocycles. The van der Waals surface area contributed by atoms with Crippen LogP contribution < -0.4 is 16.6 Å². The van der Waals surface area contributed by atoms with Crippen LogP contribution >= 0.6 is 0 Å². The maximum Gasteiger partial charge on any atom is 0.148 e. The average molecular weight is 235 g/mol. The standard InChI is InChI=1S/C12H21N5/c1-3-10(6-9-4-5-9)16-11-8(2)12(17-13)15-7-14-11/h7,9-10H,3-6,13H2,1-2H3,(H2,14,15,16,17). The Morgan fingerprint density at radius 3 is 2.71 bits per heavy atom. The maximum atomic E-state index is 5.41. The van der Waals surface area contributed by atoms with Crippen molar-refractivity contribution in [2.24, 2.45) is 11.8 Å². The van der Waals surface area contributed by atoms with Crippen molar-refractivity contribution >= 4 is 11.6 Å². The van der Waals surface area contributed by atoms with Gasteiger partial charge in [-0.15, -0.1) is 0 Å². The van der Waals surface area contributed by atoms with E-state index in [1.807, 2.05) is 6.92 Å². The third-order valence-corrected chi connectivity index (χ3v) is 3.37. The fourth-order valence-electron chi connectivity index (χ4n) is 2.02. The Labute approximate surface area is 102 Å². The summed E-state index contributed by atoms with van der Waals surface area (Å²) in [6, 6.07) is 0.502. The molecular formula is C12H21N5. The molecule has 17 heavy (non-hydrogen) atoms. The molecule has 0 saturated heterocycles. The van der Waals surface area contributed by atoms with Crippen LogP contribution in [-0.2, 0) is 0 Å². The van der Waals surface area contributed by atoms with Crippen molar-refractivity contribution in [1.29, 1.82) is 0 Å². The molecule has 1 aromatic rings. The highest BCUT2D eigenvalue weighted by Crippen LogP contribution is 2.35. The lowest BCUT2D eigenvalue weighted by Crippen LogP contribution is -2.21. The van der Waals surface area contributed by atoms with E-state index in [2.05, 4.69) is 27.6 Å². The van der Waals surface area contributed by atoms with Crippen LogP contribution in [0.15, 0.2) is 6.33 Å². The lowest BCUT2D eigenvalue weighted by molar-refractivity contribution is 0.584. The number of anilines is 2. The highest BCUT2D eigenvalue weighted by molar-refractivity contribution is 5.56. The first-order valence-electron chi connectivity index (χ1n) is 6.29. The highest BCUT2D eigenvalue weighted by Gasteiger charge is 2.25. The molecule has 0 radical (unpaired) electrons. The van der Waals surface area contributed by atoms with Crippen LogP contribution in [-0.4, -0.2) is 16.0 Å². The Hall–Kier alpha value is -1.36. The molecule has 0 aromatic carbocycles. The molecule has 1 fully saturated rings. The number of aromatic nitrogens is 2. The molecule has 0 amide bonds. The number of nitrogen functional groups attached to an aromatic ring is 1. The summed E-state index contributed by atoms with van der Waals surface area (Å²) in [5, 5.41) is 3.50. The Morgan fingerprint density at radius 1 is 1.41 bits per heavy atom. The van der Waals surface area contributed by atoms with E-state index in [0.717, 1.165) is 23.7 Å².